The molecule has 1 aliphatic carbocycles. The van der Waals surface area contributed by atoms with Crippen molar-refractivity contribution in [3.63, 3.8) is 0 Å². The quantitative estimate of drug-likeness (QED) is 0.545. The van der Waals surface area contributed by atoms with E-state index in [1.165, 1.54) is 17.2 Å². The topological polar surface area (TPSA) is 109 Å². The van der Waals surface area contributed by atoms with Gasteiger partial charge in [-0.15, -0.1) is 0 Å². The smallest absolute Gasteiger partial charge is 0.230 e. The Labute approximate surface area is 225 Å². The number of hydrogen-bond donors (Lipinski definition) is 1. The molecule has 1 aromatic carbocycles. The minimum absolute atomic E-state index is 0.0476. The number of amides is 1. The zero-order chi connectivity index (χ0) is 26.9. The van der Waals surface area contributed by atoms with Crippen LogP contribution in [0.15, 0.2) is 29.4 Å². The summed E-state index contributed by atoms with van der Waals surface area (Å²) < 4.78 is 35.1. The molecule has 3 aliphatic rings. The molecule has 10 nitrogen and oxygen atoms in total. The van der Waals surface area contributed by atoms with Gasteiger partial charge in [0.1, 0.15) is 5.84 Å². The molecular weight excluding hydrogens is 504 g/mol. The highest BCUT2D eigenvalue weighted by Crippen LogP contribution is 2.35. The summed E-state index contributed by atoms with van der Waals surface area (Å²) in [6.07, 6.45) is 8.22. The summed E-state index contributed by atoms with van der Waals surface area (Å²) in [5.74, 6) is 1.31. The van der Waals surface area contributed by atoms with Gasteiger partial charge in [-0.3, -0.25) is 14.5 Å². The number of amidine groups is 1. The fraction of sp³-hybridized carbons (Fsp3) is 0.667. The van der Waals surface area contributed by atoms with Gasteiger partial charge in [-0.2, -0.15) is 5.10 Å². The molecule has 2 atom stereocenters. The number of aryl methyl sites for hydroxylation is 1. The Morgan fingerprint density at radius 1 is 1.13 bits per heavy atom. The number of rotatable bonds is 8. The zero-order valence-electron chi connectivity index (χ0n) is 22.7. The third-order valence-electron chi connectivity index (χ3n) is 8.39. The van der Waals surface area contributed by atoms with E-state index in [0.717, 1.165) is 50.1 Å². The predicted molar refractivity (Wildman–Crippen MR) is 148 cm³/mol. The lowest BCUT2D eigenvalue weighted by molar-refractivity contribution is -0.133. The van der Waals surface area contributed by atoms with Gasteiger partial charge in [-0.25, -0.2) is 13.1 Å². The molecule has 1 unspecified atom stereocenters. The van der Waals surface area contributed by atoms with E-state index >= 15 is 0 Å². The molecule has 2 aliphatic heterocycles. The highest BCUT2D eigenvalue weighted by atomic mass is 32.2. The van der Waals surface area contributed by atoms with Gasteiger partial charge in [-0.1, -0.05) is 6.07 Å². The fourth-order valence-electron chi connectivity index (χ4n) is 6.13. The summed E-state index contributed by atoms with van der Waals surface area (Å²) in [5, 5.41) is 5.53. The number of carbonyl (C=O) groups is 1. The Hall–Kier alpha value is -2.50. The summed E-state index contributed by atoms with van der Waals surface area (Å²) in [5.41, 5.74) is 2.51. The molecule has 1 saturated heterocycles. The second kappa shape index (κ2) is 11.3. The van der Waals surface area contributed by atoms with Crippen LogP contribution in [-0.2, 0) is 26.6 Å². The first-order valence-electron chi connectivity index (χ1n) is 13.7. The van der Waals surface area contributed by atoms with Crippen LogP contribution in [0.1, 0.15) is 50.0 Å². The number of hydrogen-bond acceptors (Lipinski definition) is 7. The predicted octanol–water partition coefficient (Wildman–Crippen LogP) is 2.12. The van der Waals surface area contributed by atoms with Crippen LogP contribution in [-0.4, -0.2) is 98.0 Å². The molecule has 1 N–H and O–H groups in total. The number of aromatic nitrogens is 2. The monoisotopic (exact) mass is 544 g/mol. The molecule has 1 aromatic heterocycles. The molecule has 2 fully saturated rings. The lowest BCUT2D eigenvalue weighted by Crippen LogP contribution is -2.54. The number of likely N-dealkylation sites (tertiary alicyclic amines) is 1. The van der Waals surface area contributed by atoms with E-state index in [9.17, 15) is 13.2 Å². The van der Waals surface area contributed by atoms with Crippen LogP contribution in [0.3, 0.4) is 0 Å². The van der Waals surface area contributed by atoms with Crippen molar-refractivity contribution < 1.29 is 17.9 Å². The highest BCUT2D eigenvalue weighted by Gasteiger charge is 2.35. The Kier molecular flexibility index (Phi) is 8.06. The molecule has 0 spiro atoms. The van der Waals surface area contributed by atoms with E-state index in [0.29, 0.717) is 38.5 Å². The highest BCUT2D eigenvalue weighted by molar-refractivity contribution is 7.88. The third-order valence-corrected chi connectivity index (χ3v) is 9.12. The number of sulfonamides is 1. The molecule has 1 saturated carbocycles. The van der Waals surface area contributed by atoms with E-state index in [2.05, 4.69) is 33.0 Å². The Morgan fingerprint density at radius 3 is 2.63 bits per heavy atom. The van der Waals surface area contributed by atoms with E-state index in [4.69, 9.17) is 4.74 Å². The van der Waals surface area contributed by atoms with Crippen LogP contribution in [0, 0.1) is 5.92 Å². The summed E-state index contributed by atoms with van der Waals surface area (Å²) in [6, 6.07) is 6.41. The second-order valence-electron chi connectivity index (χ2n) is 11.2. The van der Waals surface area contributed by atoms with Gasteiger partial charge >= 0.3 is 0 Å². The number of piperidine rings is 1. The lowest BCUT2D eigenvalue weighted by Gasteiger charge is -2.39. The van der Waals surface area contributed by atoms with Crippen LogP contribution in [0.25, 0.3) is 10.9 Å². The van der Waals surface area contributed by atoms with Gasteiger partial charge in [-0.05, 0) is 55.7 Å². The molecule has 5 rings (SSSR count). The average molecular weight is 545 g/mol. The number of ether oxygens (including phenoxy) is 1. The number of likely N-dealkylation sites (N-methyl/N-ethyl adjacent to an activating group) is 1. The number of nitrogens with one attached hydrogen (secondary N) is 1. The van der Waals surface area contributed by atoms with Crippen molar-refractivity contribution in [2.45, 2.75) is 56.6 Å². The van der Waals surface area contributed by atoms with Crippen molar-refractivity contribution in [2.24, 2.45) is 18.0 Å². The van der Waals surface area contributed by atoms with Gasteiger partial charge < -0.3 is 14.5 Å². The maximum Gasteiger partial charge on any atom is 0.230 e. The van der Waals surface area contributed by atoms with Crippen LogP contribution in [0.4, 0.5) is 0 Å². The van der Waals surface area contributed by atoms with Crippen molar-refractivity contribution in [2.75, 3.05) is 46.1 Å². The van der Waals surface area contributed by atoms with Crippen molar-refractivity contribution in [3.8, 4) is 0 Å². The minimum Gasteiger partial charge on any atom is -0.378 e. The van der Waals surface area contributed by atoms with Gasteiger partial charge in [0, 0.05) is 51.1 Å². The molecule has 0 radical (unpaired) electrons. The fourth-order valence-corrected chi connectivity index (χ4v) is 6.99. The molecule has 3 heterocycles. The molecule has 11 heteroatoms. The molecule has 0 bridgehead atoms. The summed E-state index contributed by atoms with van der Waals surface area (Å²) in [6.45, 7) is 3.04. The Bertz CT molecular complexity index is 1280. The third kappa shape index (κ3) is 6.38. The Balaban J connectivity index is 1.16. The van der Waals surface area contributed by atoms with Gasteiger partial charge in [0.2, 0.25) is 15.9 Å². The Morgan fingerprint density at radius 2 is 1.92 bits per heavy atom. The SMILES string of the molecule is CN1CCN=C1CC(=O)N1CCC(NS(C)(=O)=O)[C@H](COC2CCC(c3ccc4c(cnn4C)c3)CC2)C1. The second-order valence-corrected chi connectivity index (χ2v) is 13.0. The molecule has 1 amide bonds. The summed E-state index contributed by atoms with van der Waals surface area (Å²) in [4.78, 5) is 21.4. The first kappa shape index (κ1) is 27.1. The molecule has 208 valence electrons. The van der Waals surface area contributed by atoms with E-state index in [-0.39, 0.29) is 24.0 Å². The van der Waals surface area contributed by atoms with Crippen LogP contribution in [0.5, 0.6) is 0 Å². The molecule has 38 heavy (non-hydrogen) atoms. The number of nitrogens with zero attached hydrogens (tertiary/aromatic N) is 5. The van der Waals surface area contributed by atoms with Crippen LogP contribution < -0.4 is 4.72 Å². The van der Waals surface area contributed by atoms with E-state index < -0.39 is 10.0 Å². The first-order valence-corrected chi connectivity index (χ1v) is 15.6. The molecular formula is C27H40N6O4S. The first-order chi connectivity index (χ1) is 18.2. The maximum absolute atomic E-state index is 13.0. The van der Waals surface area contributed by atoms with Gasteiger partial charge in [0.05, 0.1) is 43.6 Å². The summed E-state index contributed by atoms with van der Waals surface area (Å²) >= 11 is 0. The van der Waals surface area contributed by atoms with E-state index in [1.807, 2.05) is 34.8 Å². The standard InChI is InChI=1S/C27H40N6O4S/c1-31-13-11-28-26(31)15-27(34)33-12-10-24(30-38(3,35)36)22(17-33)18-37-23-7-4-19(5-8-23)20-6-9-25-21(14-20)16-29-32(25)2/h6,9,14,16,19,22-24,30H,4-5,7-8,10-13,15,17-18H2,1-3H3/t19?,22-,23?,24?/m0/s1. The number of carbonyl (C=O) groups excluding carboxylic acids is 1. The van der Waals surface area contributed by atoms with Gasteiger partial charge in [0.15, 0.2) is 0 Å². The number of fused-ring (bicyclic) bond motifs is 1. The van der Waals surface area contributed by atoms with E-state index in [1.54, 1.807) is 0 Å². The normalized spacial score (nSPS) is 26.7. The van der Waals surface area contributed by atoms with Crippen LogP contribution in [0.2, 0.25) is 0 Å². The van der Waals surface area contributed by atoms with Gasteiger partial charge in [0.25, 0.3) is 0 Å². The number of aliphatic imine (C=N–C) groups is 1. The minimum atomic E-state index is -3.36. The largest absolute Gasteiger partial charge is 0.378 e. The lowest BCUT2D eigenvalue weighted by atomic mass is 9.82. The number of benzene rings is 1. The maximum atomic E-state index is 13.0. The molecule has 2 aromatic rings. The van der Waals surface area contributed by atoms with Crippen molar-refractivity contribution in [1.82, 2.24) is 24.3 Å². The summed E-state index contributed by atoms with van der Waals surface area (Å²) in [7, 11) is 0.569. The van der Waals surface area contributed by atoms with Crippen molar-refractivity contribution in [3.05, 3.63) is 30.0 Å². The van der Waals surface area contributed by atoms with Crippen LogP contribution >= 0.6 is 0 Å². The van der Waals surface area contributed by atoms with Crippen molar-refractivity contribution in [1.29, 1.82) is 0 Å². The van der Waals surface area contributed by atoms with Crippen molar-refractivity contribution >= 4 is 32.7 Å². The zero-order valence-corrected chi connectivity index (χ0v) is 23.5. The average Bonchev–Trinajstić information content (AvgIpc) is 3.47.